The zero-order valence-corrected chi connectivity index (χ0v) is 20.7. The molecule has 0 radical (unpaired) electrons. The van der Waals surface area contributed by atoms with Gasteiger partial charge in [0.1, 0.15) is 0 Å². The topological polar surface area (TPSA) is 100 Å². The molecule has 0 unspecified atom stereocenters. The van der Waals surface area contributed by atoms with Gasteiger partial charge >= 0.3 is 5.97 Å². The summed E-state index contributed by atoms with van der Waals surface area (Å²) in [5.74, 6) is -1.36. The molecule has 0 spiro atoms. The number of aliphatic carboxylic acids is 1. The summed E-state index contributed by atoms with van der Waals surface area (Å²) in [6.07, 6.45) is 0. The van der Waals surface area contributed by atoms with Crippen LogP contribution in [-0.4, -0.2) is 26.2 Å². The van der Waals surface area contributed by atoms with Crippen molar-refractivity contribution in [3.8, 4) is 0 Å². The first kappa shape index (κ1) is 24.3. The molecule has 0 bridgehead atoms. The molecule has 2 N–H and O–H groups in total. The second-order valence-electron chi connectivity index (χ2n) is 7.31. The number of nitrogens with zero attached hydrogens (tertiary/aromatic N) is 2. The molecule has 0 fully saturated rings. The Hall–Kier alpha value is -2.88. The number of carboxylic acids is 1. The van der Waals surface area contributed by atoms with Gasteiger partial charge in [-0.1, -0.05) is 76.2 Å². The average molecular weight is 531 g/mol. The zero-order chi connectivity index (χ0) is 24.5. The number of carbonyl (C=O) groups is 1. The third-order valence-electron chi connectivity index (χ3n) is 4.95. The van der Waals surface area contributed by atoms with Crippen molar-refractivity contribution in [2.45, 2.75) is 12.5 Å². The number of hydrogen-bond acceptors (Lipinski definition) is 7. The van der Waals surface area contributed by atoms with Crippen LogP contribution in [0, 0.1) is 6.92 Å². The Balaban J connectivity index is 0.000000165. The van der Waals surface area contributed by atoms with E-state index in [0.717, 1.165) is 48.9 Å². The second kappa shape index (κ2) is 9.77. The Morgan fingerprint density at radius 3 is 1.76 bits per heavy atom. The van der Waals surface area contributed by atoms with E-state index < -0.39 is 11.6 Å². The molecule has 10 heteroatoms. The summed E-state index contributed by atoms with van der Waals surface area (Å²) >= 11 is 13.8. The summed E-state index contributed by atoms with van der Waals surface area (Å²) in [6.45, 7) is 2.02. The van der Waals surface area contributed by atoms with Gasteiger partial charge in [-0.05, 0) is 60.0 Å². The second-order valence-corrected chi connectivity index (χ2v) is 10.4. The summed E-state index contributed by atoms with van der Waals surface area (Å²) < 4.78 is 0.0528. The van der Waals surface area contributed by atoms with Gasteiger partial charge in [-0.2, -0.15) is 0 Å². The van der Waals surface area contributed by atoms with Crippen LogP contribution >= 0.6 is 45.9 Å². The van der Waals surface area contributed by atoms with E-state index >= 15 is 0 Å². The summed E-state index contributed by atoms with van der Waals surface area (Å²) in [6, 6.07) is 17.9. The molecular formula is C24H16Cl2N2O4S2. The van der Waals surface area contributed by atoms with Crippen molar-refractivity contribution >= 4 is 72.5 Å². The Bertz CT molecular complexity index is 1500. The Morgan fingerprint density at radius 2 is 1.29 bits per heavy atom. The van der Waals surface area contributed by atoms with Gasteiger partial charge in [0.05, 0.1) is 11.0 Å². The van der Waals surface area contributed by atoms with Crippen LogP contribution in [0.25, 0.3) is 20.7 Å². The van der Waals surface area contributed by atoms with Gasteiger partial charge in [0, 0.05) is 10.0 Å². The molecule has 2 aromatic heterocycles. The zero-order valence-electron chi connectivity index (χ0n) is 17.5. The van der Waals surface area contributed by atoms with Crippen molar-refractivity contribution in [2.24, 2.45) is 0 Å². The van der Waals surface area contributed by atoms with Crippen LogP contribution in [0.5, 0.6) is 0 Å². The Kier molecular flexibility index (Phi) is 6.97. The third-order valence-corrected chi connectivity index (χ3v) is 7.37. The molecule has 0 saturated heterocycles. The molecule has 0 saturated carbocycles. The number of rotatable bonds is 3. The maximum Gasteiger partial charge on any atom is 0.345 e. The molecule has 3 aromatic carbocycles. The molecule has 0 aliphatic heterocycles. The molecule has 5 rings (SSSR count). The fraction of sp³-hybridized carbons (Fsp3) is 0.0833. The number of halogens is 2. The van der Waals surface area contributed by atoms with E-state index in [1.165, 1.54) is 48.5 Å². The smallest absolute Gasteiger partial charge is 0.345 e. The van der Waals surface area contributed by atoms with E-state index in [2.05, 4.69) is 9.97 Å². The van der Waals surface area contributed by atoms with Gasteiger partial charge in [0.15, 0.2) is 9.66 Å². The number of carboxylic acid groups (broad SMARTS) is 1. The van der Waals surface area contributed by atoms with Crippen LogP contribution in [0.1, 0.15) is 16.7 Å². The van der Waals surface area contributed by atoms with Crippen molar-refractivity contribution in [1.82, 2.24) is 9.97 Å². The molecule has 34 heavy (non-hydrogen) atoms. The van der Waals surface area contributed by atoms with Gasteiger partial charge < -0.3 is 10.2 Å². The molecule has 2 heterocycles. The van der Waals surface area contributed by atoms with Gasteiger partial charge in [-0.15, -0.1) is 0 Å². The highest BCUT2D eigenvalue weighted by molar-refractivity contribution is 7.35. The van der Waals surface area contributed by atoms with E-state index in [1.54, 1.807) is 0 Å². The molecule has 0 aliphatic carbocycles. The first-order valence-electron chi connectivity index (χ1n) is 9.83. The van der Waals surface area contributed by atoms with Crippen molar-refractivity contribution in [2.75, 3.05) is 0 Å². The van der Waals surface area contributed by atoms with E-state index in [9.17, 15) is 19.8 Å². The minimum atomic E-state index is -2.13. The first-order valence-corrected chi connectivity index (χ1v) is 12.2. The van der Waals surface area contributed by atoms with Crippen molar-refractivity contribution in [3.05, 3.63) is 102 Å². The molecule has 5 aromatic rings. The predicted molar refractivity (Wildman–Crippen MR) is 137 cm³/mol. The monoisotopic (exact) mass is 530 g/mol. The highest BCUT2D eigenvalue weighted by Gasteiger charge is 2.40. The minimum Gasteiger partial charge on any atom is -0.479 e. The first-order chi connectivity index (χ1) is 16.2. The van der Waals surface area contributed by atoms with Gasteiger partial charge in [-0.3, -0.25) is 4.79 Å². The molecule has 172 valence electrons. The van der Waals surface area contributed by atoms with Gasteiger partial charge in [-0.25, -0.2) is 14.8 Å². The lowest BCUT2D eigenvalue weighted by molar-refractivity contribution is -0.155. The van der Waals surface area contributed by atoms with Gasteiger partial charge in [0.2, 0.25) is 5.60 Å². The number of benzene rings is 3. The lowest BCUT2D eigenvalue weighted by Gasteiger charge is -2.24. The summed E-state index contributed by atoms with van der Waals surface area (Å²) in [4.78, 5) is 33.0. The minimum absolute atomic E-state index is 0.0528. The summed E-state index contributed by atoms with van der Waals surface area (Å²) in [5, 5.41) is 20.8. The van der Waals surface area contributed by atoms with Crippen molar-refractivity contribution < 1.29 is 15.0 Å². The van der Waals surface area contributed by atoms with Gasteiger partial charge in [0.25, 0.3) is 4.06 Å². The summed E-state index contributed by atoms with van der Waals surface area (Å²) in [5.41, 5.74) is 1.19. The Labute approximate surface area is 211 Å². The quantitative estimate of drug-likeness (QED) is 0.301. The highest BCUT2D eigenvalue weighted by atomic mass is 35.5. The van der Waals surface area contributed by atoms with Crippen LogP contribution in [0.15, 0.2) is 71.5 Å². The number of hydrogen-bond donors (Lipinski definition) is 2. The van der Waals surface area contributed by atoms with Crippen molar-refractivity contribution in [1.29, 1.82) is 0 Å². The molecule has 0 atom stereocenters. The molecule has 6 nitrogen and oxygen atoms in total. The number of fused-ring (bicyclic) bond motifs is 2. The maximum atomic E-state index is 11.5. The maximum absolute atomic E-state index is 11.5. The van der Waals surface area contributed by atoms with E-state index in [0.29, 0.717) is 10.0 Å². The van der Waals surface area contributed by atoms with Crippen LogP contribution < -0.4 is 4.06 Å². The largest absolute Gasteiger partial charge is 0.479 e. The van der Waals surface area contributed by atoms with Crippen LogP contribution in [0.2, 0.25) is 10.0 Å². The average Bonchev–Trinajstić information content (AvgIpc) is 3.17. The highest BCUT2D eigenvalue weighted by Crippen LogP contribution is 2.31. The SMILES string of the molecule is Cc1ccc2nc3sc(=O)sc3nc2c1.O=C(O)C(O)(c1ccc(Cl)cc1)c1ccc(Cl)cc1. The lowest BCUT2D eigenvalue weighted by Crippen LogP contribution is -2.36. The standard InChI is InChI=1S/C14H10Cl2O3.C10H6N2OS2/c15-11-5-1-9(2-6-11)14(19,13(17)18)10-3-7-12(16)8-4-10;1-5-2-3-6-7(4-5)12-9-8(11-6)14-10(13)15-9/h1-8,19H,(H,17,18);2-4H,1H3. The molecule has 0 aliphatic rings. The predicted octanol–water partition coefficient (Wildman–Crippen LogP) is 5.89. The number of aromatic nitrogens is 2. The van der Waals surface area contributed by atoms with Crippen LogP contribution in [0.3, 0.4) is 0 Å². The normalized spacial score (nSPS) is 11.3. The Morgan fingerprint density at radius 1 is 0.824 bits per heavy atom. The van der Waals surface area contributed by atoms with Crippen LogP contribution in [-0.2, 0) is 10.4 Å². The molecular weight excluding hydrogens is 515 g/mol. The van der Waals surface area contributed by atoms with E-state index in [4.69, 9.17) is 23.2 Å². The number of aryl methyl sites for hydroxylation is 1. The molecule has 0 amide bonds. The summed E-state index contributed by atoms with van der Waals surface area (Å²) in [7, 11) is 0. The van der Waals surface area contributed by atoms with Crippen molar-refractivity contribution in [3.63, 3.8) is 0 Å². The fourth-order valence-electron chi connectivity index (χ4n) is 3.24. The van der Waals surface area contributed by atoms with E-state index in [-0.39, 0.29) is 15.2 Å². The van der Waals surface area contributed by atoms with E-state index in [1.807, 2.05) is 25.1 Å². The lowest BCUT2D eigenvalue weighted by atomic mass is 9.86. The number of aliphatic hydroxyl groups is 1. The fourth-order valence-corrected chi connectivity index (χ4v) is 5.25. The van der Waals surface area contributed by atoms with Crippen LogP contribution in [0.4, 0.5) is 0 Å². The third kappa shape index (κ3) is 4.96.